The highest BCUT2D eigenvalue weighted by Crippen LogP contribution is 2.37. The summed E-state index contributed by atoms with van der Waals surface area (Å²) in [5, 5.41) is 5.22. The van der Waals surface area contributed by atoms with Gasteiger partial charge in [0.15, 0.2) is 0 Å². The molecule has 0 radical (unpaired) electrons. The van der Waals surface area contributed by atoms with E-state index in [2.05, 4.69) is 5.32 Å². The second-order valence-corrected chi connectivity index (χ2v) is 10.8. The van der Waals surface area contributed by atoms with Gasteiger partial charge in [0.05, 0.1) is 24.2 Å². The van der Waals surface area contributed by atoms with Crippen molar-refractivity contribution in [2.45, 2.75) is 13.3 Å². The molecule has 1 fully saturated rings. The number of ether oxygens (including phenoxy) is 1. The minimum atomic E-state index is -0.472. The minimum absolute atomic E-state index is 0.111. The van der Waals surface area contributed by atoms with Gasteiger partial charge in [-0.15, -0.1) is 22.7 Å². The topological polar surface area (TPSA) is 79.0 Å². The third-order valence-corrected chi connectivity index (χ3v) is 8.68. The zero-order valence-corrected chi connectivity index (χ0v) is 21.8. The smallest absolute Gasteiger partial charge is 0.340 e. The molecule has 11 heteroatoms. The summed E-state index contributed by atoms with van der Waals surface area (Å²) in [6.07, 6.45) is 0.761. The molecule has 2 amide bonds. The van der Waals surface area contributed by atoms with Gasteiger partial charge in [-0.25, -0.2) is 4.79 Å². The van der Waals surface area contributed by atoms with Crippen molar-refractivity contribution >= 4 is 78.7 Å². The molecule has 0 atom stereocenters. The molecule has 1 aliphatic heterocycles. The maximum atomic E-state index is 13.1. The number of anilines is 1. The van der Waals surface area contributed by atoms with Crippen molar-refractivity contribution in [1.29, 1.82) is 0 Å². The Morgan fingerprint density at radius 2 is 1.82 bits per heavy atom. The lowest BCUT2D eigenvalue weighted by atomic mass is 10.2. The molecule has 0 saturated carbocycles. The van der Waals surface area contributed by atoms with Gasteiger partial charge in [-0.2, -0.15) is 0 Å². The van der Waals surface area contributed by atoms with Crippen molar-refractivity contribution in [2.24, 2.45) is 0 Å². The van der Waals surface area contributed by atoms with Crippen LogP contribution in [0.15, 0.2) is 24.3 Å². The van der Waals surface area contributed by atoms with Crippen LogP contribution in [0.4, 0.5) is 5.00 Å². The van der Waals surface area contributed by atoms with E-state index in [4.69, 9.17) is 27.9 Å². The molecule has 3 heterocycles. The number of carbonyl (C=O) groups excluding carboxylic acids is 3. The highest BCUT2D eigenvalue weighted by atomic mass is 35.5. The molecule has 7 nitrogen and oxygen atoms in total. The van der Waals surface area contributed by atoms with Gasteiger partial charge in [0.1, 0.15) is 9.88 Å². The quantitative estimate of drug-likeness (QED) is 0.445. The maximum Gasteiger partial charge on any atom is 0.340 e. The molecule has 180 valence electrons. The van der Waals surface area contributed by atoms with E-state index in [9.17, 15) is 14.4 Å². The number of methoxy groups -OCH3 is 1. The van der Waals surface area contributed by atoms with Crippen LogP contribution in [0.2, 0.25) is 10.0 Å². The summed E-state index contributed by atoms with van der Waals surface area (Å²) in [5.74, 6) is -0.792. The molecule has 4 rings (SSSR count). The number of nitrogens with one attached hydrogen (secondary N) is 1. The first kappa shape index (κ1) is 24.9. The highest BCUT2D eigenvalue weighted by molar-refractivity contribution is 7.21. The predicted molar refractivity (Wildman–Crippen MR) is 138 cm³/mol. The third kappa shape index (κ3) is 5.23. The largest absolute Gasteiger partial charge is 0.465 e. The van der Waals surface area contributed by atoms with E-state index in [1.54, 1.807) is 17.0 Å². The van der Waals surface area contributed by atoms with E-state index in [1.165, 1.54) is 29.8 Å². The molecular formula is C23H23Cl2N3O4S2. The first-order valence-electron chi connectivity index (χ1n) is 10.7. The van der Waals surface area contributed by atoms with Crippen LogP contribution in [-0.4, -0.2) is 67.4 Å². The molecule has 0 aliphatic carbocycles. The van der Waals surface area contributed by atoms with Crippen LogP contribution in [0.5, 0.6) is 0 Å². The number of aryl methyl sites for hydroxylation is 1. The molecule has 2 aromatic heterocycles. The molecule has 0 bridgehead atoms. The number of hydrogen-bond acceptors (Lipinski definition) is 7. The zero-order chi connectivity index (χ0) is 24.4. The Morgan fingerprint density at radius 1 is 1.09 bits per heavy atom. The number of esters is 1. The fraction of sp³-hybridized carbons (Fsp3) is 0.348. The Labute approximate surface area is 215 Å². The van der Waals surface area contributed by atoms with Crippen molar-refractivity contribution in [1.82, 2.24) is 9.80 Å². The Kier molecular flexibility index (Phi) is 7.79. The Hall–Kier alpha value is -2.17. The van der Waals surface area contributed by atoms with E-state index in [0.717, 1.165) is 21.4 Å². The molecule has 0 spiro atoms. The number of carbonyl (C=O) groups is 3. The predicted octanol–water partition coefficient (Wildman–Crippen LogP) is 5.02. The summed E-state index contributed by atoms with van der Waals surface area (Å²) in [4.78, 5) is 43.0. The van der Waals surface area contributed by atoms with E-state index in [1.807, 2.05) is 24.0 Å². The van der Waals surface area contributed by atoms with Crippen molar-refractivity contribution in [3.05, 3.63) is 49.6 Å². The number of benzene rings is 1. The number of amides is 2. The molecule has 1 aliphatic rings. The van der Waals surface area contributed by atoms with Gasteiger partial charge in [-0.05, 0) is 24.6 Å². The summed E-state index contributed by atoms with van der Waals surface area (Å²) in [7, 11) is 1.32. The average molecular weight is 540 g/mol. The first-order valence-corrected chi connectivity index (χ1v) is 13.1. The van der Waals surface area contributed by atoms with E-state index < -0.39 is 5.97 Å². The van der Waals surface area contributed by atoms with Gasteiger partial charge in [-0.3, -0.25) is 14.5 Å². The highest BCUT2D eigenvalue weighted by Gasteiger charge is 2.27. The number of piperazine rings is 1. The van der Waals surface area contributed by atoms with Gasteiger partial charge >= 0.3 is 5.97 Å². The number of fused-ring (bicyclic) bond motifs is 1. The van der Waals surface area contributed by atoms with Gasteiger partial charge < -0.3 is 15.0 Å². The molecule has 34 heavy (non-hydrogen) atoms. The van der Waals surface area contributed by atoms with Crippen LogP contribution in [-0.2, 0) is 16.0 Å². The maximum absolute atomic E-state index is 13.1. The van der Waals surface area contributed by atoms with Crippen LogP contribution < -0.4 is 5.32 Å². The standard InChI is InChI=1S/C23H23Cl2N3O4S2/c1-3-14-11-16(23(31)32-2)21(33-14)26-18(29)12-27-6-8-28(9-7-27)22(30)20-19(25)15-5-4-13(24)10-17(15)34-20/h4-5,10-11H,3,6-9,12H2,1-2H3,(H,26,29). The van der Waals surface area contributed by atoms with Gasteiger partial charge in [-0.1, -0.05) is 36.2 Å². The molecular weight excluding hydrogens is 517 g/mol. The van der Waals surface area contributed by atoms with Gasteiger partial charge in [0.25, 0.3) is 5.91 Å². The summed E-state index contributed by atoms with van der Waals surface area (Å²) < 4.78 is 5.70. The first-order chi connectivity index (χ1) is 16.3. The number of hydrogen-bond donors (Lipinski definition) is 1. The van der Waals surface area contributed by atoms with Crippen molar-refractivity contribution < 1.29 is 19.1 Å². The van der Waals surface area contributed by atoms with E-state index in [0.29, 0.717) is 51.7 Å². The third-order valence-electron chi connectivity index (χ3n) is 5.60. The van der Waals surface area contributed by atoms with Gasteiger partial charge in [0.2, 0.25) is 5.91 Å². The van der Waals surface area contributed by atoms with Gasteiger partial charge in [0, 0.05) is 46.2 Å². The molecule has 0 unspecified atom stereocenters. The number of thiophene rings is 2. The zero-order valence-electron chi connectivity index (χ0n) is 18.7. The molecule has 1 N–H and O–H groups in total. The SMILES string of the molecule is CCc1cc(C(=O)OC)c(NC(=O)CN2CCN(C(=O)c3sc4cc(Cl)ccc4c3Cl)CC2)s1. The van der Waals surface area contributed by atoms with Crippen LogP contribution in [0.3, 0.4) is 0 Å². The monoisotopic (exact) mass is 539 g/mol. The van der Waals surface area contributed by atoms with Crippen molar-refractivity contribution in [3.8, 4) is 0 Å². The lowest BCUT2D eigenvalue weighted by molar-refractivity contribution is -0.117. The second kappa shape index (κ2) is 10.6. The van der Waals surface area contributed by atoms with E-state index in [-0.39, 0.29) is 18.4 Å². The number of halogens is 2. The normalized spacial score (nSPS) is 14.4. The van der Waals surface area contributed by atoms with Crippen LogP contribution in [0.1, 0.15) is 31.8 Å². The fourth-order valence-corrected chi connectivity index (χ4v) is 6.53. The lowest BCUT2D eigenvalue weighted by Crippen LogP contribution is -2.50. The van der Waals surface area contributed by atoms with Crippen molar-refractivity contribution in [2.75, 3.05) is 45.2 Å². The second-order valence-electron chi connectivity index (χ2n) is 7.80. The van der Waals surface area contributed by atoms with E-state index >= 15 is 0 Å². The Balaban J connectivity index is 1.35. The fourth-order valence-electron chi connectivity index (χ4n) is 3.77. The Bertz CT molecular complexity index is 1250. The minimum Gasteiger partial charge on any atom is -0.465 e. The molecule has 1 aromatic carbocycles. The van der Waals surface area contributed by atoms with Crippen LogP contribution >= 0.6 is 45.9 Å². The van der Waals surface area contributed by atoms with Crippen LogP contribution in [0, 0.1) is 0 Å². The molecule has 1 saturated heterocycles. The summed E-state index contributed by atoms with van der Waals surface area (Å²) in [6, 6.07) is 7.15. The lowest BCUT2D eigenvalue weighted by Gasteiger charge is -2.34. The molecule has 3 aromatic rings. The Morgan fingerprint density at radius 3 is 2.50 bits per heavy atom. The number of nitrogens with zero attached hydrogens (tertiary/aromatic N) is 2. The number of rotatable bonds is 6. The summed E-state index contributed by atoms with van der Waals surface area (Å²) in [6.45, 7) is 4.25. The van der Waals surface area contributed by atoms with Crippen LogP contribution in [0.25, 0.3) is 10.1 Å². The summed E-state index contributed by atoms with van der Waals surface area (Å²) in [5.41, 5.74) is 0.370. The summed E-state index contributed by atoms with van der Waals surface area (Å²) >= 11 is 15.3. The van der Waals surface area contributed by atoms with Crippen molar-refractivity contribution in [3.63, 3.8) is 0 Å². The average Bonchev–Trinajstić information content (AvgIpc) is 3.38.